The van der Waals surface area contributed by atoms with Crippen molar-refractivity contribution in [2.45, 2.75) is 23.9 Å². The molecule has 2 aliphatic rings. The number of benzene rings is 2. The molecule has 3 aromatic rings. The number of fused-ring (bicyclic) bond motifs is 1. The minimum Gasteiger partial charge on any atom is -0.375 e. The largest absolute Gasteiger partial charge is 0.375 e. The maximum absolute atomic E-state index is 14.2. The summed E-state index contributed by atoms with van der Waals surface area (Å²) >= 11 is 15.9. The minimum absolute atomic E-state index is 0.0667. The first-order valence-corrected chi connectivity index (χ1v) is 15.3. The summed E-state index contributed by atoms with van der Waals surface area (Å²) in [5.41, 5.74) is -0.131. The number of amides is 2. The Morgan fingerprint density at radius 2 is 1.70 bits per heavy atom. The number of piperazine rings is 1. The van der Waals surface area contributed by atoms with Gasteiger partial charge in [0.05, 0.1) is 11.9 Å². The number of sulfonamides is 1. The fourth-order valence-electron chi connectivity index (χ4n) is 5.14. The minimum atomic E-state index is -4.09. The van der Waals surface area contributed by atoms with E-state index in [0.717, 1.165) is 10.0 Å². The fourth-order valence-corrected chi connectivity index (χ4v) is 7.53. The molecule has 10 nitrogen and oxygen atoms in total. The van der Waals surface area contributed by atoms with Gasteiger partial charge < -0.3 is 9.64 Å². The van der Waals surface area contributed by atoms with Crippen molar-refractivity contribution < 1.29 is 22.7 Å². The first kappa shape index (κ1) is 29.0. The number of carbonyl (C=O) groups excluding carboxylic acids is 2. The molecule has 0 bridgehead atoms. The smallest absolute Gasteiger partial charge is 0.260 e. The molecular weight excluding hydrogens is 645 g/mol. The number of halogens is 3. The Bertz CT molecular complexity index is 1550. The van der Waals surface area contributed by atoms with Crippen LogP contribution in [0.5, 0.6) is 0 Å². The molecule has 5 rings (SSSR count). The van der Waals surface area contributed by atoms with Crippen LogP contribution in [-0.2, 0) is 36.3 Å². The SMILES string of the molecule is COCC(=O)N1CCN(S(=O)(=O)c2cnc3n2[C@](C)(Cc2ccc(Br)cc2)C(=O)N3c2cc(Cl)cc(Cl)c2)CC1. The van der Waals surface area contributed by atoms with Gasteiger partial charge in [-0.2, -0.15) is 4.31 Å². The van der Waals surface area contributed by atoms with Crippen molar-refractivity contribution in [1.29, 1.82) is 0 Å². The van der Waals surface area contributed by atoms with Crippen molar-refractivity contribution in [3.8, 4) is 0 Å². The first-order chi connectivity index (χ1) is 19.0. The van der Waals surface area contributed by atoms with Gasteiger partial charge in [0.1, 0.15) is 12.1 Å². The molecule has 1 atom stereocenters. The summed E-state index contributed by atoms with van der Waals surface area (Å²) in [6, 6.07) is 12.2. The molecule has 1 fully saturated rings. The van der Waals surface area contributed by atoms with Crippen molar-refractivity contribution >= 4 is 72.6 Å². The Morgan fingerprint density at radius 3 is 2.30 bits per heavy atom. The van der Waals surface area contributed by atoms with Crippen LogP contribution in [0.3, 0.4) is 0 Å². The molecule has 1 aromatic heterocycles. The molecule has 0 unspecified atom stereocenters. The highest BCUT2D eigenvalue weighted by Crippen LogP contribution is 2.45. The summed E-state index contributed by atoms with van der Waals surface area (Å²) in [7, 11) is -2.66. The highest BCUT2D eigenvalue weighted by atomic mass is 79.9. The lowest BCUT2D eigenvalue weighted by Gasteiger charge is -2.34. The second kappa shape index (κ2) is 11.1. The van der Waals surface area contributed by atoms with Gasteiger partial charge in [-0.15, -0.1) is 0 Å². The summed E-state index contributed by atoms with van der Waals surface area (Å²) in [4.78, 5) is 33.8. The van der Waals surface area contributed by atoms with E-state index in [1.54, 1.807) is 30.0 Å². The Kier molecular flexibility index (Phi) is 8.03. The zero-order valence-corrected chi connectivity index (χ0v) is 25.6. The number of methoxy groups -OCH3 is 1. The van der Waals surface area contributed by atoms with Gasteiger partial charge in [-0.1, -0.05) is 51.3 Å². The van der Waals surface area contributed by atoms with Crippen LogP contribution in [0.4, 0.5) is 11.6 Å². The molecule has 0 N–H and O–H groups in total. The zero-order chi connectivity index (χ0) is 28.8. The molecule has 0 radical (unpaired) electrons. The molecule has 1 saturated heterocycles. The van der Waals surface area contributed by atoms with Gasteiger partial charge in [0.15, 0.2) is 5.03 Å². The van der Waals surface area contributed by atoms with Gasteiger partial charge in [0.2, 0.25) is 11.9 Å². The monoisotopic (exact) mass is 669 g/mol. The van der Waals surface area contributed by atoms with Gasteiger partial charge in [0, 0.05) is 54.2 Å². The maximum Gasteiger partial charge on any atom is 0.260 e. The van der Waals surface area contributed by atoms with E-state index in [2.05, 4.69) is 20.9 Å². The summed E-state index contributed by atoms with van der Waals surface area (Å²) in [6.07, 6.45) is 1.48. The van der Waals surface area contributed by atoms with Crippen molar-refractivity contribution in [2.75, 3.05) is 44.8 Å². The van der Waals surface area contributed by atoms with E-state index in [1.807, 2.05) is 24.3 Å². The number of ether oxygens (including phenoxy) is 1. The molecule has 40 heavy (non-hydrogen) atoms. The molecule has 0 spiro atoms. The topological polar surface area (TPSA) is 105 Å². The van der Waals surface area contributed by atoms with Crippen molar-refractivity contribution in [3.63, 3.8) is 0 Å². The number of imidazole rings is 1. The maximum atomic E-state index is 14.2. The average Bonchev–Trinajstić information content (AvgIpc) is 3.43. The van der Waals surface area contributed by atoms with Crippen LogP contribution in [0.1, 0.15) is 12.5 Å². The molecule has 212 valence electrons. The second-order valence-electron chi connectivity index (χ2n) is 9.80. The number of hydrogen-bond donors (Lipinski definition) is 0. The molecule has 0 aliphatic carbocycles. The van der Waals surface area contributed by atoms with E-state index >= 15 is 0 Å². The molecule has 2 aromatic carbocycles. The Hall–Kier alpha value is -2.48. The first-order valence-electron chi connectivity index (χ1n) is 12.4. The number of anilines is 2. The summed E-state index contributed by atoms with van der Waals surface area (Å²) in [5, 5.41) is 0.537. The van der Waals surface area contributed by atoms with E-state index in [-0.39, 0.29) is 62.0 Å². The molecule has 14 heteroatoms. The molecule has 0 saturated carbocycles. The zero-order valence-electron chi connectivity index (χ0n) is 21.7. The van der Waals surface area contributed by atoms with Gasteiger partial charge in [-0.05, 0) is 42.8 Å². The number of nitrogens with zero attached hydrogens (tertiary/aromatic N) is 5. The van der Waals surface area contributed by atoms with Crippen LogP contribution in [0, 0.1) is 0 Å². The van der Waals surface area contributed by atoms with Crippen LogP contribution in [0.15, 0.2) is 58.2 Å². The third-order valence-electron chi connectivity index (χ3n) is 7.10. The highest BCUT2D eigenvalue weighted by molar-refractivity contribution is 9.10. The number of carbonyl (C=O) groups is 2. The number of aromatic nitrogens is 2. The van der Waals surface area contributed by atoms with Crippen LogP contribution in [0.25, 0.3) is 0 Å². The lowest BCUT2D eigenvalue weighted by Crippen LogP contribution is -2.52. The summed E-state index contributed by atoms with van der Waals surface area (Å²) in [6.45, 7) is 2.29. The Balaban J connectivity index is 1.57. The predicted molar refractivity (Wildman–Crippen MR) is 155 cm³/mol. The lowest BCUT2D eigenvalue weighted by atomic mass is 9.92. The highest BCUT2D eigenvalue weighted by Gasteiger charge is 2.52. The van der Waals surface area contributed by atoms with E-state index in [0.29, 0.717) is 15.7 Å². The van der Waals surface area contributed by atoms with Gasteiger partial charge in [-0.3, -0.25) is 14.2 Å². The number of rotatable bonds is 7. The van der Waals surface area contributed by atoms with E-state index in [4.69, 9.17) is 27.9 Å². The summed E-state index contributed by atoms with van der Waals surface area (Å²) in [5.74, 6) is -0.424. The van der Waals surface area contributed by atoms with Gasteiger partial charge >= 0.3 is 0 Å². The van der Waals surface area contributed by atoms with Crippen LogP contribution >= 0.6 is 39.1 Å². The number of hydrogen-bond acceptors (Lipinski definition) is 6. The average molecular weight is 671 g/mol. The van der Waals surface area contributed by atoms with Gasteiger partial charge in [-0.25, -0.2) is 18.3 Å². The molecular formula is C26H26BrCl2N5O5S. The molecule has 2 amide bonds. The standard InChI is InChI=1S/C26H26BrCl2N5O5S/c1-26(14-17-3-5-18(27)6-4-17)24(36)33(21-12-19(28)11-20(29)13-21)25-30-15-23(34(25)26)40(37,38)32-9-7-31(8-10-32)22(35)16-39-2/h3-6,11-13,15H,7-10,14,16H2,1-2H3/t26-/m1/s1. The predicted octanol–water partition coefficient (Wildman–Crippen LogP) is 4.07. The fraction of sp³-hybridized carbons (Fsp3) is 0.346. The molecule has 2 aliphatic heterocycles. The second-order valence-corrected chi connectivity index (χ2v) is 13.5. The summed E-state index contributed by atoms with van der Waals surface area (Å²) < 4.78 is 36.6. The Morgan fingerprint density at radius 1 is 1.07 bits per heavy atom. The van der Waals surface area contributed by atoms with Crippen molar-refractivity contribution in [3.05, 3.63) is 68.7 Å². The third kappa shape index (κ3) is 5.17. The third-order valence-corrected chi connectivity index (χ3v) is 9.93. The van der Waals surface area contributed by atoms with Crippen molar-refractivity contribution in [2.24, 2.45) is 0 Å². The normalized spacial score (nSPS) is 19.8. The quantitative estimate of drug-likeness (QED) is 0.376. The lowest BCUT2D eigenvalue weighted by molar-refractivity contribution is -0.136. The molecule has 3 heterocycles. The van der Waals surface area contributed by atoms with Crippen molar-refractivity contribution in [1.82, 2.24) is 18.8 Å². The van der Waals surface area contributed by atoms with Crippen LogP contribution in [-0.4, -0.2) is 78.9 Å². The van der Waals surface area contributed by atoms with E-state index < -0.39 is 15.6 Å². The van der Waals surface area contributed by atoms with Crippen LogP contribution in [0.2, 0.25) is 10.0 Å². The van der Waals surface area contributed by atoms with E-state index in [9.17, 15) is 18.0 Å². The Labute approximate surface area is 250 Å². The van der Waals surface area contributed by atoms with Crippen LogP contribution < -0.4 is 4.90 Å². The van der Waals surface area contributed by atoms with E-state index in [1.165, 1.54) is 27.1 Å². The van der Waals surface area contributed by atoms with Gasteiger partial charge in [0.25, 0.3) is 15.9 Å².